The highest BCUT2D eigenvalue weighted by atomic mass is 32.2. The number of hydrogen-bond donors (Lipinski definition) is 0. The molecule has 2 nitrogen and oxygen atoms in total. The Morgan fingerprint density at radius 2 is 1.85 bits per heavy atom. The Bertz CT molecular complexity index is 665. The molecule has 2 rings (SSSR count). The van der Waals surface area contributed by atoms with Crippen LogP contribution in [0.5, 0.6) is 0 Å². The maximum atomic E-state index is 12.2. The fraction of sp³-hybridized carbons (Fsp3) is 0.353. The molecule has 0 saturated heterocycles. The van der Waals surface area contributed by atoms with E-state index in [0.29, 0.717) is 17.9 Å². The number of fused-ring (bicyclic) bond motifs is 1. The predicted octanol–water partition coefficient (Wildman–Crippen LogP) is 4.03. The zero-order chi connectivity index (χ0) is 14.6. The van der Waals surface area contributed by atoms with Gasteiger partial charge in [-0.05, 0) is 36.6 Å². The van der Waals surface area contributed by atoms with E-state index in [9.17, 15) is 4.21 Å². The van der Waals surface area contributed by atoms with Crippen LogP contribution in [0.1, 0.15) is 25.8 Å². The molecule has 0 aromatic heterocycles. The van der Waals surface area contributed by atoms with E-state index in [0.717, 1.165) is 5.56 Å². The largest absolute Gasteiger partial charge is 0.259 e. The average molecular weight is 285 g/mol. The predicted molar refractivity (Wildman–Crippen MR) is 84.7 cm³/mol. The number of rotatable bonds is 5. The van der Waals surface area contributed by atoms with Crippen LogP contribution in [0.25, 0.3) is 10.8 Å². The van der Waals surface area contributed by atoms with Crippen molar-refractivity contribution < 1.29 is 4.21 Å². The van der Waals surface area contributed by atoms with Crippen LogP contribution in [0.3, 0.4) is 0 Å². The lowest BCUT2D eigenvalue weighted by Gasteiger charge is -2.14. The molecule has 1 unspecified atom stereocenters. The van der Waals surface area contributed by atoms with Crippen LogP contribution in [0.4, 0.5) is 0 Å². The molecule has 0 aliphatic rings. The van der Waals surface area contributed by atoms with Gasteiger partial charge in [-0.25, -0.2) is 0 Å². The summed E-state index contributed by atoms with van der Waals surface area (Å²) in [5.74, 6) is 1.13. The van der Waals surface area contributed by atoms with Gasteiger partial charge >= 0.3 is 0 Å². The molecule has 20 heavy (non-hydrogen) atoms. The Hall–Kier alpha value is -1.66. The van der Waals surface area contributed by atoms with Crippen LogP contribution in [0, 0.1) is 16.7 Å². The quantitative estimate of drug-likeness (QED) is 0.832. The van der Waals surface area contributed by atoms with E-state index >= 15 is 0 Å². The molecule has 3 heteroatoms. The van der Waals surface area contributed by atoms with Crippen molar-refractivity contribution in [1.29, 1.82) is 5.26 Å². The highest BCUT2D eigenvalue weighted by molar-refractivity contribution is 7.84. The Labute approximate surface area is 122 Å². The highest BCUT2D eigenvalue weighted by Crippen LogP contribution is 2.22. The van der Waals surface area contributed by atoms with Gasteiger partial charge in [-0.1, -0.05) is 42.5 Å². The summed E-state index contributed by atoms with van der Waals surface area (Å²) in [5, 5.41) is 11.3. The number of hydrogen-bond acceptors (Lipinski definition) is 2. The molecule has 0 aliphatic heterocycles. The molecular weight excluding hydrogens is 266 g/mol. The van der Waals surface area contributed by atoms with E-state index < -0.39 is 16.2 Å². The lowest BCUT2D eigenvalue weighted by Crippen LogP contribution is -2.13. The van der Waals surface area contributed by atoms with Gasteiger partial charge in [0.1, 0.15) is 0 Å². The third-order valence-electron chi connectivity index (χ3n) is 3.45. The van der Waals surface area contributed by atoms with Gasteiger partial charge in [0.15, 0.2) is 0 Å². The fourth-order valence-electron chi connectivity index (χ4n) is 2.09. The Morgan fingerprint density at radius 1 is 1.15 bits per heavy atom. The van der Waals surface area contributed by atoms with Crippen molar-refractivity contribution in [2.45, 2.75) is 26.0 Å². The summed E-state index contributed by atoms with van der Waals surface area (Å²) in [5.41, 5.74) is 0.727. The molecule has 1 atom stereocenters. The van der Waals surface area contributed by atoms with E-state index in [1.807, 2.05) is 38.1 Å². The first-order valence-electron chi connectivity index (χ1n) is 6.75. The van der Waals surface area contributed by atoms with E-state index in [1.54, 1.807) is 0 Å². The maximum absolute atomic E-state index is 12.2. The maximum Gasteiger partial charge on any atom is 0.0684 e. The van der Waals surface area contributed by atoms with Crippen molar-refractivity contribution in [3.63, 3.8) is 0 Å². The summed E-state index contributed by atoms with van der Waals surface area (Å²) in [4.78, 5) is 0. The topological polar surface area (TPSA) is 40.9 Å². The van der Waals surface area contributed by atoms with Crippen LogP contribution in [0.15, 0.2) is 42.5 Å². The second-order valence-electron chi connectivity index (χ2n) is 5.67. The zero-order valence-corrected chi connectivity index (χ0v) is 12.7. The smallest absolute Gasteiger partial charge is 0.0684 e. The second kappa shape index (κ2) is 6.19. The van der Waals surface area contributed by atoms with Gasteiger partial charge in [0.2, 0.25) is 0 Å². The second-order valence-corrected chi connectivity index (χ2v) is 7.25. The van der Waals surface area contributed by atoms with Crippen LogP contribution < -0.4 is 0 Å². The Morgan fingerprint density at radius 3 is 2.60 bits per heavy atom. The molecule has 2 aromatic rings. The number of benzene rings is 2. The molecule has 0 amide bonds. The van der Waals surface area contributed by atoms with Crippen molar-refractivity contribution >= 4 is 21.6 Å². The molecule has 0 N–H and O–H groups in total. The summed E-state index contributed by atoms with van der Waals surface area (Å²) in [6.45, 7) is 3.78. The molecule has 0 saturated carbocycles. The normalized spacial score (nSPS) is 13.1. The molecule has 0 aliphatic carbocycles. The summed E-state index contributed by atoms with van der Waals surface area (Å²) in [7, 11) is -0.926. The van der Waals surface area contributed by atoms with Gasteiger partial charge in [0.25, 0.3) is 0 Å². The van der Waals surface area contributed by atoms with E-state index in [2.05, 4.69) is 24.3 Å². The monoisotopic (exact) mass is 285 g/mol. The number of nitriles is 1. The minimum atomic E-state index is -0.926. The van der Waals surface area contributed by atoms with Crippen LogP contribution >= 0.6 is 0 Å². The van der Waals surface area contributed by atoms with Gasteiger partial charge in [-0.3, -0.25) is 4.21 Å². The van der Waals surface area contributed by atoms with Crippen LogP contribution in [-0.4, -0.2) is 9.96 Å². The minimum absolute atomic E-state index is 0.394. The highest BCUT2D eigenvalue weighted by Gasteiger charge is 2.18. The third-order valence-corrected chi connectivity index (χ3v) is 4.75. The SMILES string of the molecule is CC(C)(C#N)CCS(=O)Cc1cccc2ccccc12. The van der Waals surface area contributed by atoms with E-state index in [1.165, 1.54) is 10.8 Å². The first kappa shape index (κ1) is 14.7. The van der Waals surface area contributed by atoms with E-state index in [-0.39, 0.29) is 0 Å². The van der Waals surface area contributed by atoms with Gasteiger partial charge in [0, 0.05) is 22.3 Å². The molecule has 0 spiro atoms. The van der Waals surface area contributed by atoms with Crippen LogP contribution in [-0.2, 0) is 16.6 Å². The fourth-order valence-corrected chi connectivity index (χ4v) is 3.57. The third kappa shape index (κ3) is 3.68. The van der Waals surface area contributed by atoms with Crippen molar-refractivity contribution in [3.8, 4) is 6.07 Å². The average Bonchev–Trinajstić information content (AvgIpc) is 2.46. The molecular formula is C17H19NOS. The lowest BCUT2D eigenvalue weighted by molar-refractivity contribution is 0.479. The molecule has 2 aromatic carbocycles. The minimum Gasteiger partial charge on any atom is -0.259 e. The molecule has 0 bridgehead atoms. The van der Waals surface area contributed by atoms with Gasteiger partial charge < -0.3 is 0 Å². The van der Waals surface area contributed by atoms with Gasteiger partial charge in [-0.2, -0.15) is 5.26 Å². The van der Waals surface area contributed by atoms with Crippen molar-refractivity contribution in [2.24, 2.45) is 5.41 Å². The first-order chi connectivity index (χ1) is 9.52. The molecule has 0 radical (unpaired) electrons. The summed E-state index contributed by atoms with van der Waals surface area (Å²) in [6.07, 6.45) is 0.668. The van der Waals surface area contributed by atoms with Crippen molar-refractivity contribution in [2.75, 3.05) is 5.75 Å². The zero-order valence-electron chi connectivity index (χ0n) is 11.9. The lowest BCUT2D eigenvalue weighted by atomic mass is 9.93. The van der Waals surface area contributed by atoms with Crippen LogP contribution in [0.2, 0.25) is 0 Å². The molecule has 0 heterocycles. The Kier molecular flexibility index (Phi) is 4.57. The number of nitrogens with zero attached hydrogens (tertiary/aromatic N) is 1. The van der Waals surface area contributed by atoms with Gasteiger partial charge in [0.05, 0.1) is 11.5 Å². The van der Waals surface area contributed by atoms with Gasteiger partial charge in [-0.15, -0.1) is 0 Å². The summed E-state index contributed by atoms with van der Waals surface area (Å²) < 4.78 is 12.2. The van der Waals surface area contributed by atoms with Crippen molar-refractivity contribution in [3.05, 3.63) is 48.0 Å². The van der Waals surface area contributed by atoms with Crippen molar-refractivity contribution in [1.82, 2.24) is 0 Å². The molecule has 0 fully saturated rings. The Balaban J connectivity index is 2.09. The van der Waals surface area contributed by atoms with E-state index in [4.69, 9.17) is 5.26 Å². The summed E-state index contributed by atoms with van der Waals surface area (Å²) in [6, 6.07) is 16.5. The molecule has 104 valence electrons. The first-order valence-corrected chi connectivity index (χ1v) is 8.23. The summed E-state index contributed by atoms with van der Waals surface area (Å²) >= 11 is 0. The standard InChI is InChI=1S/C17H19NOS/c1-17(2,13-18)10-11-20(19)12-15-8-5-7-14-6-3-4-9-16(14)15/h3-9H,10-12H2,1-2H3.